The van der Waals surface area contributed by atoms with Crippen molar-refractivity contribution in [2.75, 3.05) is 6.61 Å². The molecule has 0 amide bonds. The number of aryl methyl sites for hydroxylation is 1. The average Bonchev–Trinajstić information content (AvgIpc) is 2.17. The molecule has 0 aliphatic rings. The number of hydrogen-bond donors (Lipinski definition) is 0. The molecule has 2 nitrogen and oxygen atoms in total. The maximum absolute atomic E-state index is 8.56. The lowest BCUT2D eigenvalue weighted by Crippen LogP contribution is -2.14. The molecule has 0 bridgehead atoms. The minimum atomic E-state index is 0.00100. The van der Waals surface area contributed by atoms with E-state index >= 15 is 0 Å². The molecule has 0 saturated carbocycles. The molecule has 0 N–H and O–H groups in total. The van der Waals surface area contributed by atoms with Crippen molar-refractivity contribution < 1.29 is 4.74 Å². The van der Waals surface area contributed by atoms with Crippen LogP contribution in [0.4, 0.5) is 0 Å². The van der Waals surface area contributed by atoms with Gasteiger partial charge >= 0.3 is 0 Å². The Morgan fingerprint density at radius 2 is 2.00 bits per heavy atom. The third-order valence-electron chi connectivity index (χ3n) is 2.36. The number of ether oxygens (including phenoxy) is 1. The van der Waals surface area contributed by atoms with E-state index in [4.69, 9.17) is 10.00 Å². The molecule has 0 aromatic heterocycles. The number of rotatable bonds is 2. The molecule has 3 heteroatoms. The van der Waals surface area contributed by atoms with Crippen molar-refractivity contribution in [3.05, 3.63) is 27.7 Å². The monoisotopic (exact) mass is 281 g/mol. The molecular formula is C13H16BrNO. The van der Waals surface area contributed by atoms with Crippen LogP contribution in [0.1, 0.15) is 31.9 Å². The molecule has 0 spiro atoms. The van der Waals surface area contributed by atoms with Crippen molar-refractivity contribution in [2.24, 2.45) is 0 Å². The first-order valence-corrected chi connectivity index (χ1v) is 5.96. The molecule has 1 rings (SSSR count). The highest BCUT2D eigenvalue weighted by atomic mass is 79.9. The first-order valence-electron chi connectivity index (χ1n) is 5.16. The molecule has 0 saturated heterocycles. The third-order valence-corrected chi connectivity index (χ3v) is 3.22. The van der Waals surface area contributed by atoms with Gasteiger partial charge in [-0.3, -0.25) is 0 Å². The van der Waals surface area contributed by atoms with E-state index in [1.807, 2.05) is 19.1 Å². The molecule has 0 heterocycles. The zero-order valence-electron chi connectivity index (χ0n) is 10.1. The highest BCUT2D eigenvalue weighted by molar-refractivity contribution is 9.10. The normalized spacial score (nSPS) is 11.0. The topological polar surface area (TPSA) is 33.0 Å². The van der Waals surface area contributed by atoms with E-state index in [1.165, 1.54) is 0 Å². The minimum absolute atomic E-state index is 0.00100. The zero-order valence-corrected chi connectivity index (χ0v) is 11.7. The predicted molar refractivity (Wildman–Crippen MR) is 68.7 cm³/mol. The summed E-state index contributed by atoms with van der Waals surface area (Å²) in [6.07, 6.45) is 0. The van der Waals surface area contributed by atoms with Gasteiger partial charge in [0.15, 0.2) is 6.61 Å². The Morgan fingerprint density at radius 1 is 1.38 bits per heavy atom. The van der Waals surface area contributed by atoms with Gasteiger partial charge in [0.1, 0.15) is 11.8 Å². The standard InChI is InChI=1S/C13H16BrNO/c1-9-7-12(16-6-5-15)10(8-11(9)14)13(2,3)4/h7-8H,6H2,1-4H3. The van der Waals surface area contributed by atoms with Crippen molar-refractivity contribution in [3.8, 4) is 11.8 Å². The molecule has 0 radical (unpaired) electrons. The van der Waals surface area contributed by atoms with E-state index in [9.17, 15) is 0 Å². The molecule has 0 atom stereocenters. The fourth-order valence-electron chi connectivity index (χ4n) is 1.47. The summed E-state index contributed by atoms with van der Waals surface area (Å²) in [5, 5.41) is 8.56. The fraction of sp³-hybridized carbons (Fsp3) is 0.462. The summed E-state index contributed by atoms with van der Waals surface area (Å²) in [7, 11) is 0. The molecular weight excluding hydrogens is 266 g/mol. The number of benzene rings is 1. The SMILES string of the molecule is Cc1cc(OCC#N)c(C(C)(C)C)cc1Br. The van der Waals surface area contributed by atoms with Crippen LogP contribution in [-0.4, -0.2) is 6.61 Å². The van der Waals surface area contributed by atoms with Gasteiger partial charge in [-0.05, 0) is 30.0 Å². The van der Waals surface area contributed by atoms with Gasteiger partial charge in [-0.1, -0.05) is 36.7 Å². The van der Waals surface area contributed by atoms with E-state index in [1.54, 1.807) is 0 Å². The van der Waals surface area contributed by atoms with Gasteiger partial charge in [-0.25, -0.2) is 0 Å². The molecule has 0 fully saturated rings. The van der Waals surface area contributed by atoms with E-state index in [2.05, 4.69) is 42.8 Å². The van der Waals surface area contributed by atoms with Crippen LogP contribution in [0.5, 0.6) is 5.75 Å². The first kappa shape index (κ1) is 13.1. The van der Waals surface area contributed by atoms with E-state index in [0.717, 1.165) is 21.3 Å². The molecule has 1 aromatic rings. The Bertz CT molecular complexity index is 427. The van der Waals surface area contributed by atoms with Gasteiger partial charge < -0.3 is 4.74 Å². The third kappa shape index (κ3) is 2.99. The second-order valence-corrected chi connectivity index (χ2v) is 5.65. The summed E-state index contributed by atoms with van der Waals surface area (Å²) in [5.74, 6) is 0.801. The summed E-state index contributed by atoms with van der Waals surface area (Å²) in [4.78, 5) is 0. The van der Waals surface area contributed by atoms with Gasteiger partial charge in [0, 0.05) is 10.0 Å². The van der Waals surface area contributed by atoms with Gasteiger partial charge in [-0.2, -0.15) is 5.26 Å². The first-order chi connectivity index (χ1) is 7.36. The van der Waals surface area contributed by atoms with Crippen molar-refractivity contribution in [1.82, 2.24) is 0 Å². The minimum Gasteiger partial charge on any atom is -0.478 e. The maximum Gasteiger partial charge on any atom is 0.174 e. The largest absolute Gasteiger partial charge is 0.478 e. The van der Waals surface area contributed by atoms with Crippen molar-refractivity contribution in [2.45, 2.75) is 33.1 Å². The Kier molecular flexibility index (Phi) is 3.98. The Hall–Kier alpha value is -1.01. The lowest BCUT2D eigenvalue weighted by molar-refractivity contribution is 0.355. The summed E-state index contributed by atoms with van der Waals surface area (Å²) in [6, 6.07) is 6.04. The number of halogens is 1. The van der Waals surface area contributed by atoms with Crippen LogP contribution in [0.15, 0.2) is 16.6 Å². The van der Waals surface area contributed by atoms with Crippen LogP contribution in [-0.2, 0) is 5.41 Å². The molecule has 0 aliphatic carbocycles. The lowest BCUT2D eigenvalue weighted by Gasteiger charge is -2.23. The maximum atomic E-state index is 8.56. The van der Waals surface area contributed by atoms with Gasteiger partial charge in [0.05, 0.1) is 0 Å². The second kappa shape index (κ2) is 4.88. The average molecular weight is 282 g/mol. The zero-order chi connectivity index (χ0) is 12.3. The van der Waals surface area contributed by atoms with Crippen molar-refractivity contribution >= 4 is 15.9 Å². The summed E-state index contributed by atoms with van der Waals surface area (Å²) >= 11 is 3.52. The second-order valence-electron chi connectivity index (χ2n) is 4.79. The Balaban J connectivity index is 3.23. The van der Waals surface area contributed by atoms with Crippen LogP contribution < -0.4 is 4.74 Å². The van der Waals surface area contributed by atoms with Crippen molar-refractivity contribution in [3.63, 3.8) is 0 Å². The predicted octanol–water partition coefficient (Wildman–Crippen LogP) is 3.96. The van der Waals surface area contributed by atoms with Gasteiger partial charge in [0.25, 0.3) is 0 Å². The van der Waals surface area contributed by atoms with Gasteiger partial charge in [0.2, 0.25) is 0 Å². The lowest BCUT2D eigenvalue weighted by atomic mass is 9.86. The molecule has 0 aliphatic heterocycles. The fourth-order valence-corrected chi connectivity index (χ4v) is 1.81. The van der Waals surface area contributed by atoms with Gasteiger partial charge in [-0.15, -0.1) is 0 Å². The number of nitriles is 1. The van der Waals surface area contributed by atoms with E-state index < -0.39 is 0 Å². The summed E-state index contributed by atoms with van der Waals surface area (Å²) in [5.41, 5.74) is 2.22. The molecule has 86 valence electrons. The molecule has 1 aromatic carbocycles. The summed E-state index contributed by atoms with van der Waals surface area (Å²) < 4.78 is 6.54. The van der Waals surface area contributed by atoms with E-state index in [-0.39, 0.29) is 12.0 Å². The number of hydrogen-bond acceptors (Lipinski definition) is 2. The highest BCUT2D eigenvalue weighted by Crippen LogP contribution is 2.35. The van der Waals surface area contributed by atoms with Crippen molar-refractivity contribution in [1.29, 1.82) is 5.26 Å². The quantitative estimate of drug-likeness (QED) is 0.822. The highest BCUT2D eigenvalue weighted by Gasteiger charge is 2.20. The number of nitrogens with zero attached hydrogens (tertiary/aromatic N) is 1. The van der Waals surface area contributed by atoms with Crippen LogP contribution in [0.3, 0.4) is 0 Å². The van der Waals surface area contributed by atoms with E-state index in [0.29, 0.717) is 0 Å². The Labute approximate surface area is 105 Å². The van der Waals surface area contributed by atoms with Crippen LogP contribution in [0.2, 0.25) is 0 Å². The molecule has 16 heavy (non-hydrogen) atoms. The Morgan fingerprint density at radius 3 is 2.50 bits per heavy atom. The van der Waals surface area contributed by atoms with Crippen LogP contribution in [0.25, 0.3) is 0 Å². The smallest absolute Gasteiger partial charge is 0.174 e. The van der Waals surface area contributed by atoms with Crippen LogP contribution in [0, 0.1) is 18.3 Å². The molecule has 0 unspecified atom stereocenters. The van der Waals surface area contributed by atoms with Crippen LogP contribution >= 0.6 is 15.9 Å². The summed E-state index contributed by atoms with van der Waals surface area (Å²) in [6.45, 7) is 8.48.